The van der Waals surface area contributed by atoms with Crippen LogP contribution in [0.15, 0.2) is 0 Å². The Morgan fingerprint density at radius 1 is 1.83 bits per heavy atom. The predicted octanol–water partition coefficient (Wildman–Crippen LogP) is 2.01. The second-order valence-electron chi connectivity index (χ2n) is 2.12. The second-order valence-corrected chi connectivity index (χ2v) is 2.12. The van der Waals surface area contributed by atoms with Crippen molar-refractivity contribution in [2.75, 3.05) is 0 Å². The van der Waals surface area contributed by atoms with Crippen molar-refractivity contribution in [3.8, 4) is 0 Å². The van der Waals surface area contributed by atoms with Gasteiger partial charge in [0.2, 0.25) is 0 Å². The van der Waals surface area contributed by atoms with Crippen molar-refractivity contribution >= 4 is 0 Å². The molecular weight excluding hydrogens is 72.1 g/mol. The summed E-state index contributed by atoms with van der Waals surface area (Å²) in [6, 6.07) is 0. The van der Waals surface area contributed by atoms with Gasteiger partial charge in [0.25, 0.3) is 0 Å². The van der Waals surface area contributed by atoms with Gasteiger partial charge in [0.1, 0.15) is 18.3 Å². The Kier molecular flexibility index (Phi) is 0.793. The minimum absolute atomic E-state index is 0.981. The molecule has 0 saturated heterocycles. The minimum atomic E-state index is 0.981. The summed E-state index contributed by atoms with van der Waals surface area (Å²) in [7, 11) is 0. The van der Waals surface area contributed by atoms with Gasteiger partial charge in [-0.1, -0.05) is 0 Å². The highest BCUT2D eigenvalue weighted by Gasteiger charge is 2.45. The maximum Gasteiger partial charge on any atom is 0.138 e. The summed E-state index contributed by atoms with van der Waals surface area (Å²) in [5.74, 6) is 2.74. The molecule has 1 rings (SSSR count). The van der Waals surface area contributed by atoms with Crippen LogP contribution >= 0.6 is 0 Å². The molecule has 0 N–H and O–H groups in total. The molecule has 0 aromatic heterocycles. The van der Waals surface area contributed by atoms with Crippen LogP contribution in [-0.4, -0.2) is 0 Å². The van der Waals surface area contributed by atoms with Crippen LogP contribution in [-0.2, 0) is 0 Å². The topological polar surface area (TPSA) is 0 Å². The highest BCUT2D eigenvalue weighted by atomic mass is 14.3. The largest absolute Gasteiger partial charge is 0.138 e. The summed E-state index contributed by atoms with van der Waals surface area (Å²) in [4.78, 5) is 0. The molecule has 1 unspecified atom stereocenters. The van der Waals surface area contributed by atoms with Crippen LogP contribution in [0.1, 0.15) is 26.7 Å². The molecule has 1 aliphatic carbocycles. The molecule has 0 spiro atoms. The van der Waals surface area contributed by atoms with Crippen molar-refractivity contribution in [1.29, 1.82) is 0 Å². The fourth-order valence-electron chi connectivity index (χ4n) is 0.827. The van der Waals surface area contributed by atoms with Gasteiger partial charge in [-0.05, 0) is 13.8 Å². The first-order chi connectivity index (χ1) is 2.84. The van der Waals surface area contributed by atoms with E-state index < -0.39 is 0 Å². The van der Waals surface area contributed by atoms with Crippen LogP contribution in [0.2, 0.25) is 0 Å². The van der Waals surface area contributed by atoms with E-state index in [0.29, 0.717) is 0 Å². The lowest BCUT2D eigenvalue weighted by atomic mass is 10.3. The molecule has 1 saturated carbocycles. The second kappa shape index (κ2) is 1.18. The zero-order valence-electron chi connectivity index (χ0n) is 4.49. The molecule has 0 aromatic carbocycles. The van der Waals surface area contributed by atoms with E-state index in [1.54, 1.807) is 5.92 Å². The standard InChI is InChI=1S/C6H11/c1-3-6-4-5(6)2/h5H,3-4H2,1-2H3/q+1. The van der Waals surface area contributed by atoms with Gasteiger partial charge in [-0.15, -0.1) is 0 Å². The van der Waals surface area contributed by atoms with Crippen LogP contribution in [0.5, 0.6) is 0 Å². The first-order valence-corrected chi connectivity index (χ1v) is 2.69. The molecule has 34 valence electrons. The van der Waals surface area contributed by atoms with Crippen LogP contribution in [0, 0.1) is 11.8 Å². The van der Waals surface area contributed by atoms with E-state index >= 15 is 0 Å². The fourth-order valence-corrected chi connectivity index (χ4v) is 0.827. The monoisotopic (exact) mass is 83.1 g/mol. The smallest absolute Gasteiger partial charge is 0.0242 e. The number of hydrogen-bond donors (Lipinski definition) is 0. The van der Waals surface area contributed by atoms with Gasteiger partial charge in [-0.25, -0.2) is 0 Å². The summed E-state index contributed by atoms with van der Waals surface area (Å²) in [6.07, 6.45) is 2.73. The summed E-state index contributed by atoms with van der Waals surface area (Å²) in [6.45, 7) is 4.53. The highest BCUT2D eigenvalue weighted by Crippen LogP contribution is 2.42. The maximum absolute atomic E-state index is 2.29. The lowest BCUT2D eigenvalue weighted by Crippen LogP contribution is -1.65. The average molecular weight is 83.2 g/mol. The van der Waals surface area contributed by atoms with E-state index in [1.165, 1.54) is 12.8 Å². The first kappa shape index (κ1) is 4.04. The van der Waals surface area contributed by atoms with E-state index in [4.69, 9.17) is 0 Å². The van der Waals surface area contributed by atoms with Crippen LogP contribution < -0.4 is 0 Å². The molecule has 0 heterocycles. The van der Waals surface area contributed by atoms with Crippen LogP contribution in [0.4, 0.5) is 0 Å². The van der Waals surface area contributed by atoms with Crippen molar-refractivity contribution < 1.29 is 0 Å². The lowest BCUT2D eigenvalue weighted by Gasteiger charge is -1.65. The van der Waals surface area contributed by atoms with E-state index in [9.17, 15) is 0 Å². The summed E-state index contributed by atoms with van der Waals surface area (Å²) >= 11 is 0. The molecular formula is C6H11+. The average Bonchev–Trinajstić information content (AvgIpc) is 2.19. The van der Waals surface area contributed by atoms with Crippen molar-refractivity contribution in [3.05, 3.63) is 5.92 Å². The minimum Gasteiger partial charge on any atom is -0.0242 e. The van der Waals surface area contributed by atoms with E-state index in [-0.39, 0.29) is 0 Å². The fraction of sp³-hybridized carbons (Fsp3) is 0.833. The number of hydrogen-bond acceptors (Lipinski definition) is 0. The molecule has 0 radical (unpaired) electrons. The zero-order chi connectivity index (χ0) is 4.57. The molecule has 0 aromatic rings. The SMILES string of the molecule is CC[C+]1CC1C. The van der Waals surface area contributed by atoms with Gasteiger partial charge < -0.3 is 0 Å². The molecule has 6 heavy (non-hydrogen) atoms. The Balaban J connectivity index is 2.09. The highest BCUT2D eigenvalue weighted by molar-refractivity contribution is 5.10. The maximum atomic E-state index is 2.29. The van der Waals surface area contributed by atoms with Crippen LogP contribution in [0.25, 0.3) is 0 Å². The predicted molar refractivity (Wildman–Crippen MR) is 27.3 cm³/mol. The third kappa shape index (κ3) is 0.515. The third-order valence-electron chi connectivity index (χ3n) is 1.56. The number of rotatable bonds is 1. The van der Waals surface area contributed by atoms with Crippen molar-refractivity contribution in [2.45, 2.75) is 26.7 Å². The van der Waals surface area contributed by atoms with E-state index in [0.717, 1.165) is 5.92 Å². The Bertz CT molecular complexity index is 46.0. The van der Waals surface area contributed by atoms with Crippen molar-refractivity contribution in [1.82, 2.24) is 0 Å². The van der Waals surface area contributed by atoms with E-state index in [1.807, 2.05) is 0 Å². The molecule has 1 fully saturated rings. The zero-order valence-corrected chi connectivity index (χ0v) is 4.49. The van der Waals surface area contributed by atoms with Gasteiger partial charge >= 0.3 is 0 Å². The Hall–Kier alpha value is -0.130. The summed E-state index contributed by atoms with van der Waals surface area (Å²) in [5.41, 5.74) is 0. The van der Waals surface area contributed by atoms with Gasteiger partial charge in [-0.3, -0.25) is 0 Å². The lowest BCUT2D eigenvalue weighted by molar-refractivity contribution is 0.937. The van der Waals surface area contributed by atoms with Gasteiger partial charge in [-0.2, -0.15) is 0 Å². The molecule has 0 aliphatic heterocycles. The summed E-state index contributed by atoms with van der Waals surface area (Å²) in [5, 5.41) is 0. The van der Waals surface area contributed by atoms with Gasteiger partial charge in [0.05, 0.1) is 6.42 Å². The van der Waals surface area contributed by atoms with E-state index in [2.05, 4.69) is 13.8 Å². The molecule has 1 atom stereocenters. The Labute approximate surface area is 39.6 Å². The normalized spacial score (nSPS) is 31.0. The van der Waals surface area contributed by atoms with Gasteiger partial charge in [0.15, 0.2) is 0 Å². The van der Waals surface area contributed by atoms with Crippen LogP contribution in [0.3, 0.4) is 0 Å². The van der Waals surface area contributed by atoms with Crippen molar-refractivity contribution in [2.24, 2.45) is 5.92 Å². The molecule has 0 heteroatoms. The molecule has 1 aliphatic rings. The Morgan fingerprint density at radius 2 is 2.33 bits per heavy atom. The van der Waals surface area contributed by atoms with Crippen molar-refractivity contribution in [3.63, 3.8) is 0 Å². The molecule has 0 bridgehead atoms. The van der Waals surface area contributed by atoms with Gasteiger partial charge in [0, 0.05) is 0 Å². The Morgan fingerprint density at radius 3 is 2.33 bits per heavy atom. The first-order valence-electron chi connectivity index (χ1n) is 2.69. The quantitative estimate of drug-likeness (QED) is 0.425. The summed E-state index contributed by atoms with van der Waals surface area (Å²) < 4.78 is 0. The third-order valence-corrected chi connectivity index (χ3v) is 1.56. The molecule has 0 amide bonds. The molecule has 0 nitrogen and oxygen atoms in total.